The number of aliphatic hydroxyl groups is 1. The summed E-state index contributed by atoms with van der Waals surface area (Å²) in [5, 5.41) is 20.9. The number of hydrogen-bond donors (Lipinski definition) is 3. The highest BCUT2D eigenvalue weighted by Gasteiger charge is 2.22. The topological polar surface area (TPSA) is 94.4 Å². The highest BCUT2D eigenvalue weighted by Crippen LogP contribution is 2.29. The summed E-state index contributed by atoms with van der Waals surface area (Å²) in [7, 11) is 0. The third-order valence-corrected chi connectivity index (χ3v) is 6.43. The summed E-state index contributed by atoms with van der Waals surface area (Å²) in [5.41, 5.74) is 5.78. The molecule has 1 aliphatic rings. The van der Waals surface area contributed by atoms with Gasteiger partial charge in [-0.05, 0) is 49.1 Å². The number of aromatic amines is 1. The fraction of sp³-hybridized carbons (Fsp3) is 0.240. The minimum Gasteiger partial charge on any atom is -0.396 e. The van der Waals surface area contributed by atoms with Crippen LogP contribution in [-0.4, -0.2) is 49.4 Å². The van der Waals surface area contributed by atoms with Crippen LogP contribution in [0.1, 0.15) is 12.8 Å². The molecule has 0 radical (unpaired) electrons. The van der Waals surface area contributed by atoms with Crippen molar-refractivity contribution in [2.45, 2.75) is 12.8 Å². The summed E-state index contributed by atoms with van der Waals surface area (Å²) < 4.78 is 1.99. The van der Waals surface area contributed by atoms with Crippen LogP contribution in [0, 0.1) is 5.92 Å². The maximum absolute atomic E-state index is 9.20. The second-order valence-corrected chi connectivity index (χ2v) is 8.59. The Balaban J connectivity index is 1.28. The largest absolute Gasteiger partial charge is 0.396 e. The van der Waals surface area contributed by atoms with Crippen molar-refractivity contribution >= 4 is 33.7 Å². The summed E-state index contributed by atoms with van der Waals surface area (Å²) in [6.07, 6.45) is 9.54. The molecule has 3 N–H and O–H groups in total. The molecule has 1 saturated heterocycles. The Morgan fingerprint density at radius 2 is 2.06 bits per heavy atom. The molecule has 0 aliphatic carbocycles. The highest BCUT2D eigenvalue weighted by molar-refractivity contribution is 5.84. The van der Waals surface area contributed by atoms with Gasteiger partial charge in [0.2, 0.25) is 0 Å². The molecule has 4 heterocycles. The maximum atomic E-state index is 9.20. The van der Waals surface area contributed by atoms with Crippen LogP contribution in [0.5, 0.6) is 0 Å². The van der Waals surface area contributed by atoms with E-state index in [0.29, 0.717) is 11.7 Å². The first-order valence-electron chi connectivity index (χ1n) is 11.3. The van der Waals surface area contributed by atoms with Crippen molar-refractivity contribution in [2.24, 2.45) is 5.92 Å². The van der Waals surface area contributed by atoms with Crippen LogP contribution in [0.15, 0.2) is 67.3 Å². The molecule has 0 spiro atoms. The number of anilines is 3. The van der Waals surface area contributed by atoms with E-state index in [1.54, 1.807) is 6.20 Å². The lowest BCUT2D eigenvalue weighted by atomic mass is 10.1. The zero-order chi connectivity index (χ0) is 22.2. The quantitative estimate of drug-likeness (QED) is 0.367. The Bertz CT molecular complexity index is 1410. The van der Waals surface area contributed by atoms with E-state index < -0.39 is 0 Å². The molecule has 6 rings (SSSR count). The van der Waals surface area contributed by atoms with Crippen molar-refractivity contribution in [3.05, 3.63) is 67.3 Å². The lowest BCUT2D eigenvalue weighted by Crippen LogP contribution is -2.19. The molecule has 1 aliphatic heterocycles. The average molecular weight is 440 g/mol. The maximum Gasteiger partial charge on any atom is 0.180 e. The van der Waals surface area contributed by atoms with Gasteiger partial charge in [-0.15, -0.1) is 0 Å². The van der Waals surface area contributed by atoms with Crippen molar-refractivity contribution in [3.63, 3.8) is 0 Å². The van der Waals surface area contributed by atoms with Crippen LogP contribution < -0.4 is 10.2 Å². The number of H-pyrrole nitrogens is 1. The second kappa shape index (κ2) is 8.22. The highest BCUT2D eigenvalue weighted by atomic mass is 16.3. The number of rotatable bonds is 6. The molecular formula is C25H25N7O. The van der Waals surface area contributed by atoms with Gasteiger partial charge >= 0.3 is 0 Å². The van der Waals surface area contributed by atoms with E-state index in [4.69, 9.17) is 4.98 Å². The molecule has 0 saturated carbocycles. The minimum atomic E-state index is 0.269. The monoisotopic (exact) mass is 439 g/mol. The van der Waals surface area contributed by atoms with Gasteiger partial charge in [0, 0.05) is 60.6 Å². The molecule has 8 nitrogen and oxygen atoms in total. The molecule has 1 unspecified atom stereocenters. The van der Waals surface area contributed by atoms with Crippen LogP contribution in [0.4, 0.5) is 17.2 Å². The molecule has 33 heavy (non-hydrogen) atoms. The first kappa shape index (κ1) is 19.8. The molecule has 1 fully saturated rings. The Kier molecular flexibility index (Phi) is 4.92. The fourth-order valence-corrected chi connectivity index (χ4v) is 4.63. The van der Waals surface area contributed by atoms with Gasteiger partial charge in [-0.2, -0.15) is 5.10 Å². The summed E-state index contributed by atoms with van der Waals surface area (Å²) in [5.74, 6) is 1.29. The first-order chi connectivity index (χ1) is 16.3. The van der Waals surface area contributed by atoms with E-state index in [1.165, 1.54) is 5.69 Å². The molecule has 5 aromatic rings. The number of imidazole rings is 1. The smallest absolute Gasteiger partial charge is 0.180 e. The molecule has 0 bridgehead atoms. The Morgan fingerprint density at radius 1 is 1.15 bits per heavy atom. The van der Waals surface area contributed by atoms with Crippen molar-refractivity contribution < 1.29 is 5.11 Å². The van der Waals surface area contributed by atoms with Crippen molar-refractivity contribution in [1.82, 2.24) is 24.6 Å². The van der Waals surface area contributed by atoms with Crippen LogP contribution in [-0.2, 0) is 0 Å². The number of nitrogens with one attached hydrogen (secondary N) is 2. The van der Waals surface area contributed by atoms with Crippen LogP contribution in [0.25, 0.3) is 27.8 Å². The number of aromatic nitrogens is 5. The summed E-state index contributed by atoms with van der Waals surface area (Å²) in [6, 6.07) is 14.6. The predicted octanol–water partition coefficient (Wildman–Crippen LogP) is 4.22. The summed E-state index contributed by atoms with van der Waals surface area (Å²) in [4.78, 5) is 11.8. The number of aliphatic hydroxyl groups excluding tert-OH is 1. The zero-order valence-electron chi connectivity index (χ0n) is 18.1. The Hall–Kier alpha value is -3.91. The van der Waals surface area contributed by atoms with Gasteiger partial charge in [-0.1, -0.05) is 12.1 Å². The lowest BCUT2D eigenvalue weighted by molar-refractivity contribution is 0.263. The number of benzene rings is 2. The van der Waals surface area contributed by atoms with E-state index in [-0.39, 0.29) is 6.61 Å². The third kappa shape index (κ3) is 3.78. The van der Waals surface area contributed by atoms with Crippen LogP contribution >= 0.6 is 0 Å². The first-order valence-corrected chi connectivity index (χ1v) is 11.3. The average Bonchev–Trinajstić information content (AvgIpc) is 3.60. The molecule has 0 amide bonds. The normalized spacial score (nSPS) is 16.2. The van der Waals surface area contributed by atoms with Gasteiger partial charge in [0.1, 0.15) is 0 Å². The zero-order valence-corrected chi connectivity index (χ0v) is 18.1. The Labute approximate surface area is 190 Å². The fourth-order valence-electron chi connectivity index (χ4n) is 4.63. The van der Waals surface area contributed by atoms with Gasteiger partial charge in [-0.3, -0.25) is 5.10 Å². The SMILES string of the molecule is OCCC1CCN(c2ccc(Nc3nc(-c4ccc5cn[nH]c5c4)cn4ccnc34)cc2)C1. The molecule has 1 atom stereocenters. The van der Waals surface area contributed by atoms with E-state index in [0.717, 1.165) is 59.4 Å². The molecule has 8 heteroatoms. The van der Waals surface area contributed by atoms with Gasteiger partial charge in [-0.25, -0.2) is 9.97 Å². The number of hydrogen-bond acceptors (Lipinski definition) is 6. The molecule has 166 valence electrons. The van der Waals surface area contributed by atoms with Crippen molar-refractivity contribution in [1.29, 1.82) is 0 Å². The van der Waals surface area contributed by atoms with E-state index in [1.807, 2.05) is 29.1 Å². The van der Waals surface area contributed by atoms with Gasteiger partial charge < -0.3 is 19.7 Å². The van der Waals surface area contributed by atoms with E-state index in [2.05, 4.69) is 61.8 Å². The van der Waals surface area contributed by atoms with E-state index in [9.17, 15) is 5.11 Å². The van der Waals surface area contributed by atoms with Crippen molar-refractivity contribution in [2.75, 3.05) is 29.9 Å². The number of nitrogens with zero attached hydrogens (tertiary/aromatic N) is 5. The van der Waals surface area contributed by atoms with Crippen molar-refractivity contribution in [3.8, 4) is 11.3 Å². The second-order valence-electron chi connectivity index (χ2n) is 8.59. The van der Waals surface area contributed by atoms with Crippen LogP contribution in [0.3, 0.4) is 0 Å². The summed E-state index contributed by atoms with van der Waals surface area (Å²) >= 11 is 0. The molecule has 2 aromatic carbocycles. The Morgan fingerprint density at radius 3 is 2.94 bits per heavy atom. The van der Waals surface area contributed by atoms with Gasteiger partial charge in [0.25, 0.3) is 0 Å². The molecule has 3 aromatic heterocycles. The third-order valence-electron chi connectivity index (χ3n) is 6.43. The van der Waals surface area contributed by atoms with E-state index >= 15 is 0 Å². The van der Waals surface area contributed by atoms with Gasteiger partial charge in [0.05, 0.1) is 17.4 Å². The summed E-state index contributed by atoms with van der Waals surface area (Å²) in [6.45, 7) is 2.31. The van der Waals surface area contributed by atoms with Gasteiger partial charge in [0.15, 0.2) is 11.5 Å². The number of fused-ring (bicyclic) bond motifs is 2. The standard InChI is InChI=1S/C25H25N7O/c33-12-8-17-7-10-31(15-17)21-5-3-20(4-6-21)28-24-25-26-9-11-32(25)16-23(29-24)18-1-2-19-14-27-30-22(19)13-18/h1-6,9,11,13-14,16-17,33H,7-8,10,12,15H2,(H,27,30)(H,28,29). The predicted molar refractivity (Wildman–Crippen MR) is 130 cm³/mol. The minimum absolute atomic E-state index is 0.269. The van der Waals surface area contributed by atoms with Crippen LogP contribution in [0.2, 0.25) is 0 Å². The molecular weight excluding hydrogens is 414 g/mol. The lowest BCUT2D eigenvalue weighted by Gasteiger charge is -2.19.